The van der Waals surface area contributed by atoms with Gasteiger partial charge in [-0.2, -0.15) is 0 Å². The van der Waals surface area contributed by atoms with Crippen LogP contribution in [0, 0.1) is 5.82 Å². The largest absolute Gasteiger partial charge is 0.349 e. The van der Waals surface area contributed by atoms with Crippen LogP contribution in [0.3, 0.4) is 0 Å². The summed E-state index contributed by atoms with van der Waals surface area (Å²) in [6.45, 7) is 0. The molecule has 1 heterocycles. The van der Waals surface area contributed by atoms with E-state index in [0.29, 0.717) is 4.88 Å². The molecule has 1 amide bonds. The SMILES string of the molecule is NC1CCC(NC(=O)c2cc3ccc(F)cc3s2)CC1. The smallest absolute Gasteiger partial charge is 0.261 e. The minimum absolute atomic E-state index is 0.0629. The van der Waals surface area contributed by atoms with Crippen molar-refractivity contribution in [2.45, 2.75) is 37.8 Å². The number of benzene rings is 1. The van der Waals surface area contributed by atoms with Crippen LogP contribution in [0.5, 0.6) is 0 Å². The van der Waals surface area contributed by atoms with Crippen molar-refractivity contribution in [3.05, 3.63) is 35.0 Å². The van der Waals surface area contributed by atoms with E-state index in [0.717, 1.165) is 35.8 Å². The van der Waals surface area contributed by atoms with Crippen LogP contribution < -0.4 is 11.1 Å². The van der Waals surface area contributed by atoms with E-state index < -0.39 is 0 Å². The normalized spacial score (nSPS) is 22.9. The van der Waals surface area contributed by atoms with Crippen LogP contribution >= 0.6 is 11.3 Å². The van der Waals surface area contributed by atoms with Crippen LogP contribution in [0.15, 0.2) is 24.3 Å². The molecular weight excluding hydrogens is 275 g/mol. The number of thiophene rings is 1. The molecule has 2 aromatic rings. The molecule has 3 nitrogen and oxygen atoms in total. The number of nitrogens with two attached hydrogens (primary N) is 1. The van der Waals surface area contributed by atoms with Gasteiger partial charge in [-0.15, -0.1) is 11.3 Å². The summed E-state index contributed by atoms with van der Waals surface area (Å²) in [5, 5.41) is 3.96. The van der Waals surface area contributed by atoms with Crippen LogP contribution in [0.1, 0.15) is 35.4 Å². The molecule has 1 aliphatic rings. The standard InChI is InChI=1S/C15H17FN2OS/c16-10-2-1-9-7-14(20-13(9)8-10)15(19)18-12-5-3-11(17)4-6-12/h1-2,7-8,11-12H,3-6,17H2,(H,18,19). The van der Waals surface area contributed by atoms with Gasteiger partial charge in [0.2, 0.25) is 0 Å². The third kappa shape index (κ3) is 2.83. The maximum Gasteiger partial charge on any atom is 0.261 e. The zero-order valence-electron chi connectivity index (χ0n) is 11.1. The Kier molecular flexibility index (Phi) is 3.72. The second-order valence-electron chi connectivity index (χ2n) is 5.38. The van der Waals surface area contributed by atoms with Crippen molar-refractivity contribution in [1.82, 2.24) is 5.32 Å². The van der Waals surface area contributed by atoms with Crippen molar-refractivity contribution in [1.29, 1.82) is 0 Å². The van der Waals surface area contributed by atoms with Crippen LogP contribution in [0.2, 0.25) is 0 Å². The summed E-state index contributed by atoms with van der Waals surface area (Å²) in [4.78, 5) is 12.9. The summed E-state index contributed by atoms with van der Waals surface area (Å²) < 4.78 is 14.0. The molecule has 106 valence electrons. The predicted molar refractivity (Wildman–Crippen MR) is 79.5 cm³/mol. The maximum absolute atomic E-state index is 13.2. The van der Waals surface area contributed by atoms with Crippen LogP contribution in [-0.2, 0) is 0 Å². The van der Waals surface area contributed by atoms with E-state index in [2.05, 4.69) is 5.32 Å². The molecule has 0 spiro atoms. The lowest BCUT2D eigenvalue weighted by molar-refractivity contribution is 0.0930. The summed E-state index contributed by atoms with van der Waals surface area (Å²) in [6.07, 6.45) is 3.80. The van der Waals surface area contributed by atoms with Gasteiger partial charge in [0.1, 0.15) is 5.82 Å². The average molecular weight is 292 g/mol. The Morgan fingerprint density at radius 2 is 2.00 bits per heavy atom. The molecule has 0 atom stereocenters. The molecule has 3 N–H and O–H groups in total. The van der Waals surface area contributed by atoms with E-state index in [4.69, 9.17) is 5.73 Å². The average Bonchev–Trinajstić information content (AvgIpc) is 2.84. The van der Waals surface area contributed by atoms with Crippen molar-refractivity contribution >= 4 is 27.3 Å². The van der Waals surface area contributed by atoms with Gasteiger partial charge in [-0.05, 0) is 49.3 Å². The number of rotatable bonds is 2. The van der Waals surface area contributed by atoms with Gasteiger partial charge in [-0.25, -0.2) is 4.39 Å². The van der Waals surface area contributed by atoms with E-state index in [1.165, 1.54) is 23.5 Å². The van der Waals surface area contributed by atoms with Crippen LogP contribution in [0.4, 0.5) is 4.39 Å². The number of carbonyl (C=O) groups excluding carboxylic acids is 1. The topological polar surface area (TPSA) is 55.1 Å². The Balaban J connectivity index is 1.72. The maximum atomic E-state index is 13.2. The highest BCUT2D eigenvalue weighted by Crippen LogP contribution is 2.27. The lowest BCUT2D eigenvalue weighted by Gasteiger charge is -2.26. The number of halogens is 1. The van der Waals surface area contributed by atoms with Crippen molar-refractivity contribution in [2.75, 3.05) is 0 Å². The first-order valence-electron chi connectivity index (χ1n) is 6.87. The lowest BCUT2D eigenvalue weighted by Crippen LogP contribution is -2.40. The summed E-state index contributed by atoms with van der Waals surface area (Å²) in [5.41, 5.74) is 5.86. The monoisotopic (exact) mass is 292 g/mol. The van der Waals surface area contributed by atoms with E-state index in [1.807, 2.05) is 6.07 Å². The number of fused-ring (bicyclic) bond motifs is 1. The van der Waals surface area contributed by atoms with Gasteiger partial charge in [-0.1, -0.05) is 6.07 Å². The molecule has 3 rings (SSSR count). The van der Waals surface area contributed by atoms with Gasteiger partial charge in [0.05, 0.1) is 4.88 Å². The summed E-state index contributed by atoms with van der Waals surface area (Å²) >= 11 is 1.33. The quantitative estimate of drug-likeness (QED) is 0.894. The molecule has 0 unspecified atom stereocenters. The van der Waals surface area contributed by atoms with Gasteiger partial charge < -0.3 is 11.1 Å². The van der Waals surface area contributed by atoms with Crippen molar-refractivity contribution < 1.29 is 9.18 Å². The van der Waals surface area contributed by atoms with Crippen molar-refractivity contribution in [2.24, 2.45) is 5.73 Å². The molecule has 20 heavy (non-hydrogen) atoms. The van der Waals surface area contributed by atoms with Crippen LogP contribution in [-0.4, -0.2) is 18.0 Å². The first-order chi connectivity index (χ1) is 9.61. The number of nitrogens with one attached hydrogen (secondary N) is 1. The van der Waals surface area contributed by atoms with Gasteiger partial charge >= 0.3 is 0 Å². The zero-order chi connectivity index (χ0) is 14.1. The number of hydrogen-bond donors (Lipinski definition) is 2. The molecular formula is C15H17FN2OS. The van der Waals surface area contributed by atoms with Gasteiger partial charge in [0.25, 0.3) is 5.91 Å². The van der Waals surface area contributed by atoms with E-state index in [-0.39, 0.29) is 23.8 Å². The second kappa shape index (κ2) is 5.50. The Labute approximate surface area is 121 Å². The third-order valence-electron chi connectivity index (χ3n) is 3.81. The molecule has 0 bridgehead atoms. The summed E-state index contributed by atoms with van der Waals surface area (Å²) in [5.74, 6) is -0.334. The van der Waals surface area contributed by atoms with Crippen LogP contribution in [0.25, 0.3) is 10.1 Å². The number of hydrogen-bond acceptors (Lipinski definition) is 3. The minimum Gasteiger partial charge on any atom is -0.349 e. The fraction of sp³-hybridized carbons (Fsp3) is 0.400. The zero-order valence-corrected chi connectivity index (χ0v) is 11.9. The summed E-state index contributed by atoms with van der Waals surface area (Å²) in [7, 11) is 0. The number of carbonyl (C=O) groups is 1. The Morgan fingerprint density at radius 1 is 1.25 bits per heavy atom. The van der Waals surface area contributed by atoms with Gasteiger partial charge in [0, 0.05) is 16.8 Å². The molecule has 1 aliphatic carbocycles. The number of amides is 1. The fourth-order valence-corrected chi connectivity index (χ4v) is 3.63. The highest BCUT2D eigenvalue weighted by atomic mass is 32.1. The molecule has 0 saturated heterocycles. The Morgan fingerprint density at radius 3 is 2.75 bits per heavy atom. The molecule has 1 saturated carbocycles. The molecule has 1 fully saturated rings. The van der Waals surface area contributed by atoms with Gasteiger partial charge in [-0.3, -0.25) is 4.79 Å². The summed E-state index contributed by atoms with van der Waals surface area (Å²) in [6, 6.07) is 6.90. The molecule has 0 radical (unpaired) electrons. The molecule has 5 heteroatoms. The highest BCUT2D eigenvalue weighted by molar-refractivity contribution is 7.20. The van der Waals surface area contributed by atoms with Gasteiger partial charge in [0.15, 0.2) is 0 Å². The third-order valence-corrected chi connectivity index (χ3v) is 4.91. The Hall–Kier alpha value is -1.46. The fourth-order valence-electron chi connectivity index (χ4n) is 2.64. The predicted octanol–water partition coefficient (Wildman–Crippen LogP) is 3.04. The lowest BCUT2D eigenvalue weighted by atomic mass is 9.92. The minimum atomic E-state index is -0.271. The highest BCUT2D eigenvalue weighted by Gasteiger charge is 2.21. The Bertz CT molecular complexity index is 632. The molecule has 0 aliphatic heterocycles. The molecule has 1 aromatic heterocycles. The van der Waals surface area contributed by atoms with E-state index >= 15 is 0 Å². The first-order valence-corrected chi connectivity index (χ1v) is 7.69. The molecule has 1 aromatic carbocycles. The van der Waals surface area contributed by atoms with Crippen molar-refractivity contribution in [3.8, 4) is 0 Å². The second-order valence-corrected chi connectivity index (χ2v) is 6.46. The van der Waals surface area contributed by atoms with Crippen molar-refractivity contribution in [3.63, 3.8) is 0 Å². The van der Waals surface area contributed by atoms with E-state index in [9.17, 15) is 9.18 Å². The first kappa shape index (κ1) is 13.5. The van der Waals surface area contributed by atoms with E-state index in [1.54, 1.807) is 6.07 Å².